The molecule has 2 N–H and O–H groups in total. The molecule has 1 fully saturated rings. The maximum atomic E-state index is 13.0. The Morgan fingerprint density at radius 2 is 1.38 bits per heavy atom. The van der Waals surface area contributed by atoms with Gasteiger partial charge in [-0.05, 0) is 43.0 Å². The third kappa shape index (κ3) is 9.78. The molecule has 2 aromatic rings. The number of amides is 1. The summed E-state index contributed by atoms with van der Waals surface area (Å²) in [7, 11) is 0. The molecule has 34 heavy (non-hydrogen) atoms. The number of terminal acetylenes is 1. The summed E-state index contributed by atoms with van der Waals surface area (Å²) in [6.45, 7) is 14.8. The van der Waals surface area contributed by atoms with Gasteiger partial charge in [0.05, 0.1) is 0 Å². The molecule has 0 saturated carbocycles. The van der Waals surface area contributed by atoms with Crippen LogP contribution in [0.25, 0.3) is 0 Å². The largest absolute Gasteiger partial charge is 0.369 e. The summed E-state index contributed by atoms with van der Waals surface area (Å²) in [4.78, 5) is 15.4. The Kier molecular flexibility index (Phi) is 24.4. The van der Waals surface area contributed by atoms with Crippen LogP contribution in [0.3, 0.4) is 0 Å². The molecule has 1 aliphatic rings. The monoisotopic (exact) mass is 810 g/mol. The van der Waals surface area contributed by atoms with E-state index in [1.54, 1.807) is 0 Å². The maximum absolute atomic E-state index is 13.0. The van der Waals surface area contributed by atoms with Crippen LogP contribution in [0.2, 0.25) is 0 Å². The molecule has 2 aromatic carbocycles. The number of benzene rings is 2. The topological polar surface area (TPSA) is 46.3 Å². The predicted octanol–water partition coefficient (Wildman–Crippen LogP) is 6.27. The molecular formula is C29H44N2ORe2. The minimum atomic E-state index is -0.802. The molecule has 0 bridgehead atoms. The average molecular weight is 809 g/mol. The van der Waals surface area contributed by atoms with Crippen LogP contribution >= 0.6 is 0 Å². The fourth-order valence-electron chi connectivity index (χ4n) is 4.32. The number of nitrogens with two attached hydrogens (primary N) is 1. The van der Waals surface area contributed by atoms with E-state index in [2.05, 4.69) is 10.8 Å². The first-order valence-corrected chi connectivity index (χ1v) is 12.3. The maximum Gasteiger partial charge on any atom is 0.232 e. The van der Waals surface area contributed by atoms with Gasteiger partial charge in [-0.25, -0.2) is 0 Å². The number of carbonyl (C=O) groups excluding carboxylic acids is 1. The number of unbranched alkanes of at least 4 members (excludes halogenated alkanes) is 1. The van der Waals surface area contributed by atoms with E-state index in [0.717, 1.165) is 50.0 Å². The van der Waals surface area contributed by atoms with E-state index in [-0.39, 0.29) is 52.7 Å². The molecule has 1 aliphatic heterocycles. The predicted molar refractivity (Wildman–Crippen MR) is 140 cm³/mol. The van der Waals surface area contributed by atoms with Crippen molar-refractivity contribution < 1.29 is 45.6 Å². The van der Waals surface area contributed by atoms with Gasteiger partial charge in [-0.1, -0.05) is 102 Å². The van der Waals surface area contributed by atoms with Crippen LogP contribution < -0.4 is 5.73 Å². The van der Waals surface area contributed by atoms with Crippen LogP contribution in [-0.4, -0.2) is 30.4 Å². The molecule has 1 heterocycles. The third-order valence-corrected chi connectivity index (χ3v) is 5.53. The summed E-state index contributed by atoms with van der Waals surface area (Å²) in [6.07, 6.45) is 8.10. The standard InChI is InChI=1S/C23H26N2O.3C2H6.2Re/c1-2-3-10-16-25-17-15-21(18-25)23(22(24)26,19-11-6-4-7-12-19)20-13-8-5-9-14-20;3*1-2;;/h1,4-9,11-14,21H,3,10,15-18H2,(H2,24,26);3*1-2H3;;. The minimum absolute atomic E-state index is 0. The van der Waals surface area contributed by atoms with Gasteiger partial charge in [0, 0.05) is 53.8 Å². The Hall–Kier alpha value is -1.25. The van der Waals surface area contributed by atoms with E-state index in [0.29, 0.717) is 0 Å². The smallest absolute Gasteiger partial charge is 0.232 e. The molecular weight excluding hydrogens is 765 g/mol. The molecule has 1 saturated heterocycles. The summed E-state index contributed by atoms with van der Waals surface area (Å²) in [5, 5.41) is 0. The molecule has 0 aromatic heterocycles. The quantitative estimate of drug-likeness (QED) is 0.265. The van der Waals surface area contributed by atoms with Gasteiger partial charge in [0.1, 0.15) is 5.41 Å². The molecule has 0 spiro atoms. The molecule has 3 rings (SSSR count). The van der Waals surface area contributed by atoms with Gasteiger partial charge in [0.25, 0.3) is 0 Å². The molecule has 5 heteroatoms. The van der Waals surface area contributed by atoms with E-state index in [1.165, 1.54) is 0 Å². The number of hydrogen-bond donors (Lipinski definition) is 1. The van der Waals surface area contributed by atoms with Crippen LogP contribution in [0.15, 0.2) is 60.7 Å². The van der Waals surface area contributed by atoms with E-state index < -0.39 is 5.41 Å². The van der Waals surface area contributed by atoms with Gasteiger partial charge in [-0.2, -0.15) is 0 Å². The zero-order valence-electron chi connectivity index (χ0n) is 21.9. The first-order valence-electron chi connectivity index (χ1n) is 12.3. The first kappa shape index (κ1) is 37.3. The van der Waals surface area contributed by atoms with E-state index >= 15 is 0 Å². The van der Waals surface area contributed by atoms with Gasteiger partial charge in [0.2, 0.25) is 5.91 Å². The van der Waals surface area contributed by atoms with Crippen molar-refractivity contribution >= 4 is 5.91 Å². The van der Waals surface area contributed by atoms with Gasteiger partial charge in [0.15, 0.2) is 0 Å². The number of rotatable bonds is 7. The van der Waals surface area contributed by atoms with Gasteiger partial charge in [-0.3, -0.25) is 4.79 Å². The number of nitrogens with zero attached hydrogens (tertiary/aromatic N) is 1. The summed E-state index contributed by atoms with van der Waals surface area (Å²) >= 11 is 0. The Labute approximate surface area is 237 Å². The van der Waals surface area contributed by atoms with Crippen molar-refractivity contribution in [2.45, 2.75) is 66.2 Å². The van der Waals surface area contributed by atoms with E-state index in [9.17, 15) is 4.79 Å². The first-order chi connectivity index (χ1) is 15.7. The number of primary amides is 1. The van der Waals surface area contributed by atoms with Crippen LogP contribution in [0, 0.1) is 18.3 Å². The Balaban J connectivity index is -0.00000111. The Bertz CT molecular complexity index is 736. The second-order valence-corrected chi connectivity index (χ2v) is 7.00. The van der Waals surface area contributed by atoms with Gasteiger partial charge in [-0.15, -0.1) is 12.3 Å². The zero-order valence-corrected chi connectivity index (χ0v) is 27.3. The number of hydrogen-bond acceptors (Lipinski definition) is 2. The van der Waals surface area contributed by atoms with Crippen molar-refractivity contribution in [3.05, 3.63) is 71.8 Å². The van der Waals surface area contributed by atoms with Crippen LogP contribution in [-0.2, 0) is 51.1 Å². The zero-order chi connectivity index (χ0) is 24.4. The average Bonchev–Trinajstić information content (AvgIpc) is 3.34. The van der Waals surface area contributed by atoms with Crippen molar-refractivity contribution in [2.75, 3.05) is 19.6 Å². The minimum Gasteiger partial charge on any atom is -0.369 e. The summed E-state index contributed by atoms with van der Waals surface area (Å²) < 4.78 is 0. The summed E-state index contributed by atoms with van der Waals surface area (Å²) in [5.41, 5.74) is 7.26. The third-order valence-electron chi connectivity index (χ3n) is 5.53. The molecule has 190 valence electrons. The van der Waals surface area contributed by atoms with Gasteiger partial charge >= 0.3 is 0 Å². The second-order valence-electron chi connectivity index (χ2n) is 7.00. The number of carbonyl (C=O) groups is 1. The van der Waals surface area contributed by atoms with Crippen LogP contribution in [0.5, 0.6) is 0 Å². The molecule has 3 nitrogen and oxygen atoms in total. The SMILES string of the molecule is C#CCCCN1CCC(C(C(N)=O)(c2ccccc2)c2ccccc2)C1.CC.CC.CC.[Re].[Re]. The van der Waals surface area contributed by atoms with E-state index in [4.69, 9.17) is 12.2 Å². The Morgan fingerprint density at radius 3 is 1.76 bits per heavy atom. The van der Waals surface area contributed by atoms with Crippen LogP contribution in [0.1, 0.15) is 71.9 Å². The molecule has 1 atom stereocenters. The van der Waals surface area contributed by atoms with Crippen molar-refractivity contribution in [1.29, 1.82) is 0 Å². The van der Waals surface area contributed by atoms with Crippen molar-refractivity contribution in [3.8, 4) is 12.3 Å². The van der Waals surface area contributed by atoms with Crippen LogP contribution in [0.4, 0.5) is 0 Å². The van der Waals surface area contributed by atoms with Gasteiger partial charge < -0.3 is 10.6 Å². The summed E-state index contributed by atoms with van der Waals surface area (Å²) in [5.74, 6) is 2.58. The second kappa shape index (κ2) is 22.2. The van der Waals surface area contributed by atoms with Crippen molar-refractivity contribution in [2.24, 2.45) is 11.7 Å². The fourth-order valence-corrected chi connectivity index (χ4v) is 4.32. The molecule has 0 aliphatic carbocycles. The van der Waals surface area contributed by atoms with Crippen molar-refractivity contribution in [1.82, 2.24) is 4.90 Å². The number of likely N-dealkylation sites (tertiary alicyclic amines) is 1. The normalized spacial score (nSPS) is 14.1. The summed E-state index contributed by atoms with van der Waals surface area (Å²) in [6, 6.07) is 20.0. The van der Waals surface area contributed by atoms with E-state index in [1.807, 2.05) is 102 Å². The molecule has 2 radical (unpaired) electrons. The fraction of sp³-hybridized carbons (Fsp3) is 0.483. The Morgan fingerprint density at radius 1 is 0.941 bits per heavy atom. The van der Waals surface area contributed by atoms with Crippen molar-refractivity contribution in [3.63, 3.8) is 0 Å². The molecule has 1 unspecified atom stereocenters. The molecule has 1 amide bonds.